The van der Waals surface area contributed by atoms with Crippen molar-refractivity contribution in [2.75, 3.05) is 36.9 Å². The summed E-state index contributed by atoms with van der Waals surface area (Å²) in [6.07, 6.45) is -1.71. The topological polar surface area (TPSA) is 105 Å². The second-order valence-electron chi connectivity index (χ2n) is 9.77. The molecule has 5 rings (SSSR count). The molecular weight excluding hydrogens is 544 g/mol. The zero-order valence-corrected chi connectivity index (χ0v) is 22.1. The number of halogens is 4. The second kappa shape index (κ2) is 11.7. The molecule has 0 bridgehead atoms. The number of β-amino-alcohol motifs (C(OH)–C–C–N with tert-alkyl or cyclic N) is 1. The zero-order valence-electron chi connectivity index (χ0n) is 22.1. The van der Waals surface area contributed by atoms with Gasteiger partial charge in [0, 0.05) is 37.8 Å². The number of fused-ring (bicyclic) bond motifs is 1. The van der Waals surface area contributed by atoms with Crippen molar-refractivity contribution in [1.29, 1.82) is 0 Å². The molecule has 0 spiro atoms. The minimum Gasteiger partial charge on any atom is -0.457 e. The van der Waals surface area contributed by atoms with E-state index in [-0.39, 0.29) is 30.1 Å². The fourth-order valence-electron chi connectivity index (χ4n) is 4.74. The van der Waals surface area contributed by atoms with E-state index in [1.165, 1.54) is 6.20 Å². The number of aryl methyl sites for hydroxylation is 1. The number of nitrogens with one attached hydrogen (secondary N) is 2. The number of nitrogens with zero attached hydrogens (tertiary/aromatic N) is 4. The first-order chi connectivity index (χ1) is 19.6. The molecular formula is C28H28F4N6O3. The van der Waals surface area contributed by atoms with Crippen molar-refractivity contribution in [1.82, 2.24) is 19.4 Å². The molecule has 0 radical (unpaired) electrons. The molecule has 1 aliphatic rings. The maximum absolute atomic E-state index is 14.3. The average Bonchev–Trinajstić information content (AvgIpc) is 3.24. The molecule has 1 amide bonds. The van der Waals surface area contributed by atoms with Gasteiger partial charge in [-0.2, -0.15) is 13.2 Å². The molecule has 9 nitrogen and oxygen atoms in total. The number of alkyl halides is 3. The molecule has 1 saturated heterocycles. The van der Waals surface area contributed by atoms with Crippen molar-refractivity contribution >= 4 is 34.4 Å². The lowest BCUT2D eigenvalue weighted by molar-refractivity contribution is -0.137. The number of aromatic nitrogens is 3. The number of benzene rings is 2. The maximum Gasteiger partial charge on any atom is 0.416 e. The van der Waals surface area contributed by atoms with Crippen LogP contribution in [0.15, 0.2) is 54.7 Å². The number of pyridine rings is 1. The van der Waals surface area contributed by atoms with Crippen molar-refractivity contribution < 1.29 is 32.2 Å². The van der Waals surface area contributed by atoms with Gasteiger partial charge in [-0.1, -0.05) is 0 Å². The number of aliphatic hydroxyl groups excluding tert-OH is 1. The van der Waals surface area contributed by atoms with Crippen molar-refractivity contribution in [3.63, 3.8) is 0 Å². The summed E-state index contributed by atoms with van der Waals surface area (Å²) in [6.45, 7) is 2.19. The first kappa shape index (κ1) is 28.3. The van der Waals surface area contributed by atoms with Crippen LogP contribution >= 0.6 is 0 Å². The summed E-state index contributed by atoms with van der Waals surface area (Å²) in [6, 6.07) is 10.4. The number of hydrogen-bond acceptors (Lipinski definition) is 7. The van der Waals surface area contributed by atoms with Gasteiger partial charge in [0.05, 0.1) is 28.9 Å². The summed E-state index contributed by atoms with van der Waals surface area (Å²) in [5, 5.41) is 14.6. The average molecular weight is 573 g/mol. The third-order valence-corrected chi connectivity index (χ3v) is 6.99. The molecule has 0 saturated carbocycles. The van der Waals surface area contributed by atoms with E-state index in [9.17, 15) is 22.4 Å². The van der Waals surface area contributed by atoms with Crippen LogP contribution < -0.4 is 15.4 Å². The van der Waals surface area contributed by atoms with Crippen LogP contribution in [0.25, 0.3) is 11.0 Å². The van der Waals surface area contributed by atoms with Gasteiger partial charge in [0.1, 0.15) is 23.1 Å². The summed E-state index contributed by atoms with van der Waals surface area (Å²) >= 11 is 0. The van der Waals surface area contributed by atoms with Gasteiger partial charge in [0.25, 0.3) is 0 Å². The van der Waals surface area contributed by atoms with Gasteiger partial charge in [-0.3, -0.25) is 4.79 Å². The molecule has 2 aromatic carbocycles. The second-order valence-corrected chi connectivity index (χ2v) is 9.77. The van der Waals surface area contributed by atoms with E-state index in [2.05, 4.69) is 25.5 Å². The Labute approximate surface area is 232 Å². The van der Waals surface area contributed by atoms with E-state index < -0.39 is 17.6 Å². The highest BCUT2D eigenvalue weighted by molar-refractivity contribution is 5.92. The van der Waals surface area contributed by atoms with Crippen LogP contribution in [0.5, 0.6) is 11.5 Å². The maximum atomic E-state index is 14.3. The smallest absolute Gasteiger partial charge is 0.416 e. The highest BCUT2D eigenvalue weighted by Gasteiger charge is 2.31. The van der Waals surface area contributed by atoms with Crippen LogP contribution in [-0.2, 0) is 18.0 Å². The molecule has 0 aliphatic carbocycles. The van der Waals surface area contributed by atoms with Crippen LogP contribution in [0.2, 0.25) is 0 Å². The quantitative estimate of drug-likeness (QED) is 0.246. The SMILES string of the molecule is Cn1c(Nc2cc(C(F)(F)F)ccc2F)nc2cc(Oc3ccnc(NC(=O)C4CCN(CCO)CC4)c3)ccc21. The highest BCUT2D eigenvalue weighted by Crippen LogP contribution is 2.34. The van der Waals surface area contributed by atoms with Crippen molar-refractivity contribution in [2.24, 2.45) is 13.0 Å². The minimum absolute atomic E-state index is 0.0959. The van der Waals surface area contributed by atoms with Crippen molar-refractivity contribution in [3.8, 4) is 11.5 Å². The minimum atomic E-state index is -4.61. The Bertz CT molecular complexity index is 1550. The van der Waals surface area contributed by atoms with Crippen LogP contribution in [0.4, 0.5) is 35.0 Å². The molecule has 4 aromatic rings. The first-order valence-corrected chi connectivity index (χ1v) is 13.0. The molecule has 1 fully saturated rings. The Kier molecular flexibility index (Phi) is 8.08. The summed E-state index contributed by atoms with van der Waals surface area (Å²) in [7, 11) is 1.65. The van der Waals surface area contributed by atoms with Crippen LogP contribution in [0.3, 0.4) is 0 Å². The lowest BCUT2D eigenvalue weighted by atomic mass is 9.96. The van der Waals surface area contributed by atoms with Crippen molar-refractivity contribution in [3.05, 3.63) is 66.1 Å². The van der Waals surface area contributed by atoms with E-state index in [4.69, 9.17) is 9.84 Å². The number of piperidine rings is 1. The number of aliphatic hydroxyl groups is 1. The van der Waals surface area contributed by atoms with Gasteiger partial charge in [-0.05, 0) is 62.3 Å². The van der Waals surface area contributed by atoms with Crippen molar-refractivity contribution in [2.45, 2.75) is 19.0 Å². The number of imidazole rings is 1. The third kappa shape index (κ3) is 6.57. The molecule has 0 atom stereocenters. The number of amides is 1. The van der Waals surface area contributed by atoms with Gasteiger partial charge >= 0.3 is 6.18 Å². The molecule has 0 unspecified atom stereocenters. The summed E-state index contributed by atoms with van der Waals surface area (Å²) < 4.78 is 61.1. The lowest BCUT2D eigenvalue weighted by Crippen LogP contribution is -2.39. The highest BCUT2D eigenvalue weighted by atomic mass is 19.4. The van der Waals surface area contributed by atoms with E-state index in [1.54, 1.807) is 41.9 Å². The number of carbonyl (C=O) groups is 1. The Balaban J connectivity index is 1.27. The molecule has 3 heterocycles. The molecule has 1 aliphatic heterocycles. The number of rotatable bonds is 8. The summed E-state index contributed by atoms with van der Waals surface area (Å²) in [5.74, 6) is 0.229. The first-order valence-electron chi connectivity index (χ1n) is 13.0. The monoisotopic (exact) mass is 572 g/mol. The predicted molar refractivity (Wildman–Crippen MR) is 145 cm³/mol. The summed E-state index contributed by atoms with van der Waals surface area (Å²) in [5.41, 5.74) is -0.223. The Morgan fingerprint density at radius 3 is 2.59 bits per heavy atom. The standard InChI is InChI=1S/C28H28F4N6O3/c1-37-24-5-3-19(15-23(24)35-27(37)34-22-14-18(28(30,31)32)2-4-21(22)29)41-20-6-9-33-25(16-20)36-26(40)17-7-10-38(11-8-17)12-13-39/h2-6,9,14-17,39H,7-8,10-13H2,1H3,(H,34,35)(H,33,36,40). The van der Waals surface area contributed by atoms with E-state index in [0.717, 1.165) is 19.2 Å². The lowest BCUT2D eigenvalue weighted by Gasteiger charge is -2.30. The summed E-state index contributed by atoms with van der Waals surface area (Å²) in [4.78, 5) is 23.5. The van der Waals surface area contributed by atoms with E-state index in [1.807, 2.05) is 0 Å². The van der Waals surface area contributed by atoms with Crippen LogP contribution in [0.1, 0.15) is 18.4 Å². The van der Waals surface area contributed by atoms with E-state index >= 15 is 0 Å². The van der Waals surface area contributed by atoms with Crippen LogP contribution in [0, 0.1) is 11.7 Å². The number of ether oxygens (including phenoxy) is 1. The normalized spacial score (nSPS) is 14.8. The van der Waals surface area contributed by atoms with Gasteiger partial charge in [-0.25, -0.2) is 14.4 Å². The third-order valence-electron chi connectivity index (χ3n) is 6.99. The number of carbonyl (C=O) groups excluding carboxylic acids is 1. The number of likely N-dealkylation sites (tertiary alicyclic amines) is 1. The molecule has 13 heteroatoms. The largest absolute Gasteiger partial charge is 0.457 e. The number of anilines is 3. The zero-order chi connectivity index (χ0) is 29.1. The van der Waals surface area contributed by atoms with Gasteiger partial charge in [0.15, 0.2) is 0 Å². The van der Waals surface area contributed by atoms with Gasteiger partial charge < -0.3 is 29.9 Å². The predicted octanol–water partition coefficient (Wildman–Crippen LogP) is 5.30. The van der Waals surface area contributed by atoms with Gasteiger partial charge in [0.2, 0.25) is 11.9 Å². The fraction of sp³-hybridized carbons (Fsp3) is 0.321. The number of hydrogen-bond donors (Lipinski definition) is 3. The molecule has 216 valence electrons. The Morgan fingerprint density at radius 1 is 1.10 bits per heavy atom. The Morgan fingerprint density at radius 2 is 1.85 bits per heavy atom. The molecule has 3 N–H and O–H groups in total. The van der Waals surface area contributed by atoms with E-state index in [0.29, 0.717) is 59.9 Å². The van der Waals surface area contributed by atoms with Gasteiger partial charge in [-0.15, -0.1) is 0 Å². The molecule has 2 aromatic heterocycles. The Hall–Kier alpha value is -4.23. The molecule has 41 heavy (non-hydrogen) atoms. The van der Waals surface area contributed by atoms with Crippen LogP contribution in [-0.4, -0.2) is 56.7 Å². The fourth-order valence-corrected chi connectivity index (χ4v) is 4.74.